The lowest BCUT2D eigenvalue weighted by molar-refractivity contribution is 0.144. The lowest BCUT2D eigenvalue weighted by Crippen LogP contribution is -2.42. The van der Waals surface area contributed by atoms with E-state index in [2.05, 4.69) is 27.0 Å². The SMILES string of the molecule is COc1ccc([C@@H]2C[C@H](O)CN(c3ncnc4cc(OC)c(OC)cc34)C2)cc1. The molecule has 4 rings (SSSR count). The van der Waals surface area contributed by atoms with Gasteiger partial charge >= 0.3 is 0 Å². The second-order valence-electron chi connectivity index (χ2n) is 7.19. The molecule has 0 saturated carbocycles. The molecule has 29 heavy (non-hydrogen) atoms. The summed E-state index contributed by atoms with van der Waals surface area (Å²) in [5, 5.41) is 11.4. The molecule has 1 fully saturated rings. The van der Waals surface area contributed by atoms with Crippen LogP contribution in [-0.4, -0.2) is 55.6 Å². The number of methoxy groups -OCH3 is 3. The number of benzene rings is 2. The molecule has 7 heteroatoms. The molecule has 152 valence electrons. The van der Waals surface area contributed by atoms with Crippen LogP contribution in [0.5, 0.6) is 17.2 Å². The average molecular weight is 395 g/mol. The molecule has 0 amide bonds. The first-order valence-electron chi connectivity index (χ1n) is 9.56. The highest BCUT2D eigenvalue weighted by molar-refractivity contribution is 5.92. The van der Waals surface area contributed by atoms with Gasteiger partial charge in [-0.25, -0.2) is 9.97 Å². The smallest absolute Gasteiger partial charge is 0.162 e. The number of hydrogen-bond donors (Lipinski definition) is 1. The lowest BCUT2D eigenvalue weighted by Gasteiger charge is -2.37. The van der Waals surface area contributed by atoms with Crippen molar-refractivity contribution in [1.29, 1.82) is 0 Å². The minimum absolute atomic E-state index is 0.190. The molecule has 1 saturated heterocycles. The molecule has 1 aliphatic heterocycles. The number of nitrogens with zero attached hydrogens (tertiary/aromatic N) is 3. The van der Waals surface area contributed by atoms with Gasteiger partial charge in [0.05, 0.1) is 33.0 Å². The number of ether oxygens (including phenoxy) is 3. The topological polar surface area (TPSA) is 76.9 Å². The van der Waals surface area contributed by atoms with Crippen LogP contribution < -0.4 is 19.1 Å². The van der Waals surface area contributed by atoms with Crippen molar-refractivity contribution in [3.05, 3.63) is 48.3 Å². The molecule has 1 N–H and O–H groups in total. The molecule has 2 aromatic carbocycles. The number of aromatic nitrogens is 2. The zero-order valence-corrected chi connectivity index (χ0v) is 16.8. The van der Waals surface area contributed by atoms with Crippen molar-refractivity contribution in [3.63, 3.8) is 0 Å². The summed E-state index contributed by atoms with van der Waals surface area (Å²) in [6.45, 7) is 1.27. The molecule has 0 radical (unpaired) electrons. The minimum atomic E-state index is -0.444. The molecule has 0 unspecified atom stereocenters. The van der Waals surface area contributed by atoms with Gasteiger partial charge in [-0.15, -0.1) is 0 Å². The van der Waals surface area contributed by atoms with Crippen LogP contribution >= 0.6 is 0 Å². The number of rotatable bonds is 5. The van der Waals surface area contributed by atoms with Gasteiger partial charge in [-0.2, -0.15) is 0 Å². The number of piperidine rings is 1. The number of β-amino-alcohol motifs (C(OH)–C–C–N with tert-alkyl or cyclic N) is 1. The van der Waals surface area contributed by atoms with Crippen LogP contribution in [0.1, 0.15) is 17.9 Å². The fraction of sp³-hybridized carbons (Fsp3) is 0.364. The third-order valence-electron chi connectivity index (χ3n) is 5.43. The van der Waals surface area contributed by atoms with Gasteiger partial charge in [-0.05, 0) is 30.2 Å². The Morgan fingerprint density at radius 2 is 1.66 bits per heavy atom. The van der Waals surface area contributed by atoms with Crippen molar-refractivity contribution in [2.75, 3.05) is 39.3 Å². The monoisotopic (exact) mass is 395 g/mol. The Morgan fingerprint density at radius 3 is 2.34 bits per heavy atom. The van der Waals surface area contributed by atoms with E-state index >= 15 is 0 Å². The zero-order chi connectivity index (χ0) is 20.4. The van der Waals surface area contributed by atoms with Crippen LogP contribution in [0.2, 0.25) is 0 Å². The van der Waals surface area contributed by atoms with E-state index in [1.54, 1.807) is 27.7 Å². The Labute approximate surface area is 169 Å². The van der Waals surface area contributed by atoms with Crippen LogP contribution in [0.4, 0.5) is 5.82 Å². The van der Waals surface area contributed by atoms with Gasteiger partial charge < -0.3 is 24.2 Å². The van der Waals surface area contributed by atoms with E-state index in [1.807, 2.05) is 24.3 Å². The Kier molecular flexibility index (Phi) is 5.40. The van der Waals surface area contributed by atoms with Gasteiger partial charge in [0, 0.05) is 30.5 Å². The van der Waals surface area contributed by atoms with Crippen molar-refractivity contribution in [1.82, 2.24) is 9.97 Å². The lowest BCUT2D eigenvalue weighted by atomic mass is 9.89. The number of aliphatic hydroxyl groups excluding tert-OH is 1. The van der Waals surface area contributed by atoms with E-state index in [1.165, 1.54) is 5.56 Å². The summed E-state index contributed by atoms with van der Waals surface area (Å²) in [4.78, 5) is 11.0. The van der Waals surface area contributed by atoms with Gasteiger partial charge in [0.25, 0.3) is 0 Å². The van der Waals surface area contributed by atoms with Crippen molar-refractivity contribution in [2.24, 2.45) is 0 Å². The number of aliphatic hydroxyl groups is 1. The summed E-state index contributed by atoms with van der Waals surface area (Å²) >= 11 is 0. The quantitative estimate of drug-likeness (QED) is 0.712. The fourth-order valence-electron chi connectivity index (χ4n) is 3.98. The first-order chi connectivity index (χ1) is 14.1. The maximum atomic E-state index is 10.6. The average Bonchev–Trinajstić information content (AvgIpc) is 2.77. The summed E-state index contributed by atoms with van der Waals surface area (Å²) in [6.07, 6.45) is 1.82. The third-order valence-corrected chi connectivity index (χ3v) is 5.43. The van der Waals surface area contributed by atoms with E-state index in [-0.39, 0.29) is 5.92 Å². The minimum Gasteiger partial charge on any atom is -0.497 e. The Bertz CT molecular complexity index is 993. The molecule has 0 aliphatic carbocycles. The first kappa shape index (κ1) is 19.3. The van der Waals surface area contributed by atoms with E-state index in [0.29, 0.717) is 24.5 Å². The predicted molar refractivity (Wildman–Crippen MR) is 111 cm³/mol. The van der Waals surface area contributed by atoms with E-state index in [9.17, 15) is 5.11 Å². The summed E-state index contributed by atoms with van der Waals surface area (Å²) in [7, 11) is 4.87. The van der Waals surface area contributed by atoms with Gasteiger partial charge in [0.15, 0.2) is 11.5 Å². The zero-order valence-electron chi connectivity index (χ0n) is 16.8. The summed E-state index contributed by atoms with van der Waals surface area (Å²) < 4.78 is 16.1. The molecule has 0 bridgehead atoms. The first-order valence-corrected chi connectivity index (χ1v) is 9.56. The highest BCUT2D eigenvalue weighted by Crippen LogP contribution is 2.37. The Morgan fingerprint density at radius 1 is 0.931 bits per heavy atom. The van der Waals surface area contributed by atoms with Crippen molar-refractivity contribution < 1.29 is 19.3 Å². The van der Waals surface area contributed by atoms with Crippen molar-refractivity contribution in [3.8, 4) is 17.2 Å². The molecule has 3 aromatic rings. The van der Waals surface area contributed by atoms with Gasteiger partial charge in [0.1, 0.15) is 17.9 Å². The number of fused-ring (bicyclic) bond motifs is 1. The molecule has 7 nitrogen and oxygen atoms in total. The van der Waals surface area contributed by atoms with Crippen molar-refractivity contribution in [2.45, 2.75) is 18.4 Å². The second-order valence-corrected chi connectivity index (χ2v) is 7.19. The molecule has 2 heterocycles. The maximum Gasteiger partial charge on any atom is 0.162 e. The molecule has 2 atom stereocenters. The summed E-state index contributed by atoms with van der Waals surface area (Å²) in [5.41, 5.74) is 1.95. The molecule has 1 aliphatic rings. The molecular weight excluding hydrogens is 370 g/mol. The summed E-state index contributed by atoms with van der Waals surface area (Å²) in [5.74, 6) is 3.05. The molecule has 0 spiro atoms. The Balaban J connectivity index is 1.70. The fourth-order valence-corrected chi connectivity index (χ4v) is 3.98. The summed E-state index contributed by atoms with van der Waals surface area (Å²) in [6, 6.07) is 11.8. The van der Waals surface area contributed by atoms with E-state index in [0.717, 1.165) is 29.0 Å². The maximum absolute atomic E-state index is 10.6. The van der Waals surface area contributed by atoms with E-state index < -0.39 is 6.10 Å². The van der Waals surface area contributed by atoms with Gasteiger partial charge in [0.2, 0.25) is 0 Å². The largest absolute Gasteiger partial charge is 0.497 e. The second kappa shape index (κ2) is 8.13. The third kappa shape index (κ3) is 3.78. The predicted octanol–water partition coefficient (Wildman–Crippen LogP) is 3.01. The van der Waals surface area contributed by atoms with Crippen molar-refractivity contribution >= 4 is 16.7 Å². The number of hydrogen-bond acceptors (Lipinski definition) is 7. The normalized spacial score (nSPS) is 19.2. The highest BCUT2D eigenvalue weighted by Gasteiger charge is 2.29. The number of anilines is 1. The van der Waals surface area contributed by atoms with Crippen LogP contribution in [0.25, 0.3) is 10.9 Å². The van der Waals surface area contributed by atoms with Crippen LogP contribution in [-0.2, 0) is 0 Å². The van der Waals surface area contributed by atoms with Gasteiger partial charge in [-0.3, -0.25) is 0 Å². The van der Waals surface area contributed by atoms with E-state index in [4.69, 9.17) is 14.2 Å². The van der Waals surface area contributed by atoms with Crippen LogP contribution in [0, 0.1) is 0 Å². The van der Waals surface area contributed by atoms with Gasteiger partial charge in [-0.1, -0.05) is 12.1 Å². The Hall–Kier alpha value is -3.06. The van der Waals surface area contributed by atoms with Crippen LogP contribution in [0.15, 0.2) is 42.7 Å². The molecular formula is C22H25N3O4. The standard InChI is InChI=1S/C22H25N3O4/c1-27-17-6-4-14(5-7-17)15-8-16(26)12-25(11-15)22-18-9-20(28-2)21(29-3)10-19(18)23-13-24-22/h4-7,9-10,13,15-16,26H,8,11-12H2,1-3H3/t15-,16+/m1/s1. The van der Waals surface area contributed by atoms with Crippen LogP contribution in [0.3, 0.4) is 0 Å². The highest BCUT2D eigenvalue weighted by atomic mass is 16.5. The molecule has 1 aromatic heterocycles.